The molecule has 13 aromatic rings. The van der Waals surface area contributed by atoms with Crippen LogP contribution in [0.4, 0.5) is 0 Å². The van der Waals surface area contributed by atoms with Gasteiger partial charge in [-0.3, -0.25) is 0 Å². The Morgan fingerprint density at radius 3 is 1.29 bits per heavy atom. The fourth-order valence-electron chi connectivity index (χ4n) is 11.1. The van der Waals surface area contributed by atoms with Gasteiger partial charge in [0.15, 0.2) is 8.07 Å². The standard InChI is InChI=1S/C61H43N3Si/c1-42-32-38-51-49-24-11-14-27-54(49)63(59(51)40-42)44-35-39-52-50-25-12-15-28-55(50)64(60(52)41-44)58-31-17-30-57-61(58)53-26-13-16-29-56(53)62(57)43-33-36-48(37-34-43)65(45-18-5-2-6-19-45,46-20-7-3-8-21-46)47-22-9-4-10-23-47/h2-41H,1H3. The molecule has 13 rings (SSSR count). The van der Waals surface area contributed by atoms with E-state index in [1.807, 2.05) is 0 Å². The van der Waals surface area contributed by atoms with Gasteiger partial charge < -0.3 is 13.7 Å². The molecule has 0 aliphatic rings. The highest BCUT2D eigenvalue weighted by Gasteiger charge is 2.41. The maximum absolute atomic E-state index is 2.69. The van der Waals surface area contributed by atoms with Gasteiger partial charge in [-0.25, -0.2) is 0 Å². The van der Waals surface area contributed by atoms with Crippen LogP contribution in [-0.2, 0) is 0 Å². The lowest BCUT2D eigenvalue weighted by molar-refractivity contribution is 1.16. The van der Waals surface area contributed by atoms with Gasteiger partial charge >= 0.3 is 0 Å². The Kier molecular flexibility index (Phi) is 8.45. The quantitative estimate of drug-likeness (QED) is 0.112. The molecule has 0 saturated heterocycles. The average Bonchev–Trinajstić information content (AvgIpc) is 4.01. The van der Waals surface area contributed by atoms with Gasteiger partial charge in [0.05, 0.1) is 38.8 Å². The van der Waals surface area contributed by atoms with Crippen molar-refractivity contribution < 1.29 is 0 Å². The first-order valence-corrected chi connectivity index (χ1v) is 24.5. The van der Waals surface area contributed by atoms with E-state index in [1.165, 1.54) is 97.4 Å². The third-order valence-corrected chi connectivity index (χ3v) is 18.6. The topological polar surface area (TPSA) is 14.8 Å². The predicted molar refractivity (Wildman–Crippen MR) is 278 cm³/mol. The molecule has 65 heavy (non-hydrogen) atoms. The first-order chi connectivity index (χ1) is 32.2. The fourth-order valence-corrected chi connectivity index (χ4v) is 15.9. The molecule has 0 N–H and O–H groups in total. The second-order valence-electron chi connectivity index (χ2n) is 17.3. The summed E-state index contributed by atoms with van der Waals surface area (Å²) in [7, 11) is -2.69. The molecular formula is C61H43N3Si. The minimum atomic E-state index is -2.69. The maximum atomic E-state index is 2.51. The number of nitrogens with zero attached hydrogens (tertiary/aromatic N) is 3. The Balaban J connectivity index is 1.04. The van der Waals surface area contributed by atoms with Gasteiger partial charge in [0.2, 0.25) is 0 Å². The Morgan fingerprint density at radius 2 is 0.692 bits per heavy atom. The van der Waals surface area contributed by atoms with Gasteiger partial charge in [0, 0.05) is 43.7 Å². The summed E-state index contributed by atoms with van der Waals surface area (Å²) < 4.78 is 7.42. The third kappa shape index (κ3) is 5.54. The SMILES string of the molecule is Cc1ccc2c3ccccc3n(-c3ccc4c5ccccc5n(-c5cccc6c5c5ccccc5n6-c5ccc([Si](c6ccccc6)(c6ccccc6)c6ccccc6)cc5)c4c3)c2c1. The molecule has 3 aromatic heterocycles. The monoisotopic (exact) mass is 845 g/mol. The van der Waals surface area contributed by atoms with Gasteiger partial charge in [-0.05, 0) is 93.9 Å². The zero-order valence-electron chi connectivity index (χ0n) is 35.9. The number of fused-ring (bicyclic) bond motifs is 9. The molecule has 0 amide bonds. The van der Waals surface area contributed by atoms with Gasteiger partial charge in [0.1, 0.15) is 0 Å². The van der Waals surface area contributed by atoms with E-state index in [9.17, 15) is 0 Å². The van der Waals surface area contributed by atoms with Crippen LogP contribution < -0.4 is 20.7 Å². The minimum absolute atomic E-state index is 1.14. The van der Waals surface area contributed by atoms with E-state index >= 15 is 0 Å². The minimum Gasteiger partial charge on any atom is -0.309 e. The molecule has 10 aromatic carbocycles. The summed E-state index contributed by atoms with van der Waals surface area (Å²) in [6.45, 7) is 2.18. The molecule has 0 aliphatic heterocycles. The average molecular weight is 846 g/mol. The molecule has 0 atom stereocenters. The number of para-hydroxylation sites is 3. The number of benzene rings is 10. The van der Waals surface area contributed by atoms with Gasteiger partial charge in [-0.1, -0.05) is 182 Å². The van der Waals surface area contributed by atoms with Crippen LogP contribution in [0.15, 0.2) is 243 Å². The van der Waals surface area contributed by atoms with Gasteiger partial charge in [-0.15, -0.1) is 0 Å². The molecule has 3 heterocycles. The lowest BCUT2D eigenvalue weighted by atomic mass is 10.1. The van der Waals surface area contributed by atoms with E-state index in [4.69, 9.17) is 0 Å². The number of hydrogen-bond donors (Lipinski definition) is 0. The Morgan fingerprint density at radius 1 is 0.277 bits per heavy atom. The normalized spacial score (nSPS) is 12.1. The van der Waals surface area contributed by atoms with Crippen LogP contribution in [0.3, 0.4) is 0 Å². The third-order valence-electron chi connectivity index (χ3n) is 13.8. The molecule has 0 bridgehead atoms. The fraction of sp³-hybridized carbons (Fsp3) is 0.0164. The first kappa shape index (κ1) is 37.4. The van der Waals surface area contributed by atoms with Crippen molar-refractivity contribution in [3.05, 3.63) is 248 Å². The molecule has 0 fully saturated rings. The van der Waals surface area contributed by atoms with Crippen molar-refractivity contribution in [2.24, 2.45) is 0 Å². The smallest absolute Gasteiger partial charge is 0.179 e. The van der Waals surface area contributed by atoms with Crippen LogP contribution in [0, 0.1) is 6.92 Å². The Hall–Kier alpha value is -8.18. The van der Waals surface area contributed by atoms with E-state index in [1.54, 1.807) is 0 Å². The van der Waals surface area contributed by atoms with Crippen LogP contribution in [0.1, 0.15) is 5.56 Å². The van der Waals surface area contributed by atoms with Crippen LogP contribution in [-0.4, -0.2) is 21.8 Å². The second kappa shape index (κ2) is 14.7. The van der Waals surface area contributed by atoms with Crippen LogP contribution in [0.5, 0.6) is 0 Å². The van der Waals surface area contributed by atoms with Crippen molar-refractivity contribution in [1.82, 2.24) is 13.7 Å². The zero-order valence-corrected chi connectivity index (χ0v) is 36.9. The molecule has 306 valence electrons. The lowest BCUT2D eigenvalue weighted by Gasteiger charge is -2.34. The molecule has 4 heteroatoms. The summed E-state index contributed by atoms with van der Waals surface area (Å²) in [5.74, 6) is 0. The second-order valence-corrected chi connectivity index (χ2v) is 21.2. The predicted octanol–water partition coefficient (Wildman–Crippen LogP) is 12.7. The summed E-state index contributed by atoms with van der Waals surface area (Å²) in [6.07, 6.45) is 0. The van der Waals surface area contributed by atoms with Crippen LogP contribution in [0.25, 0.3) is 82.5 Å². The number of aromatic nitrogens is 3. The lowest BCUT2D eigenvalue weighted by Crippen LogP contribution is -2.74. The van der Waals surface area contributed by atoms with Crippen molar-refractivity contribution in [3.63, 3.8) is 0 Å². The van der Waals surface area contributed by atoms with E-state index in [0.29, 0.717) is 0 Å². The van der Waals surface area contributed by atoms with Crippen molar-refractivity contribution in [2.75, 3.05) is 0 Å². The summed E-state index contributed by atoms with van der Waals surface area (Å²) in [5.41, 5.74) is 11.9. The summed E-state index contributed by atoms with van der Waals surface area (Å²) in [6, 6.07) is 90.3. The molecular weight excluding hydrogens is 803 g/mol. The van der Waals surface area contributed by atoms with Crippen molar-refractivity contribution in [3.8, 4) is 17.1 Å². The first-order valence-electron chi connectivity index (χ1n) is 22.5. The molecule has 0 spiro atoms. The molecule has 0 radical (unpaired) electrons. The highest BCUT2D eigenvalue weighted by molar-refractivity contribution is 7.19. The van der Waals surface area contributed by atoms with E-state index < -0.39 is 8.07 Å². The van der Waals surface area contributed by atoms with Crippen LogP contribution >= 0.6 is 0 Å². The molecule has 0 unspecified atom stereocenters. The molecule has 0 saturated carbocycles. The van der Waals surface area contributed by atoms with Gasteiger partial charge in [-0.2, -0.15) is 0 Å². The zero-order chi connectivity index (χ0) is 43.1. The summed E-state index contributed by atoms with van der Waals surface area (Å²) in [4.78, 5) is 0. The summed E-state index contributed by atoms with van der Waals surface area (Å²) in [5, 5.41) is 12.9. The van der Waals surface area contributed by atoms with Crippen molar-refractivity contribution in [2.45, 2.75) is 6.92 Å². The highest BCUT2D eigenvalue weighted by atomic mass is 28.3. The van der Waals surface area contributed by atoms with E-state index in [0.717, 1.165) is 11.4 Å². The highest BCUT2D eigenvalue weighted by Crippen LogP contribution is 2.41. The van der Waals surface area contributed by atoms with Crippen LogP contribution in [0.2, 0.25) is 0 Å². The van der Waals surface area contributed by atoms with Crippen molar-refractivity contribution in [1.29, 1.82) is 0 Å². The van der Waals surface area contributed by atoms with E-state index in [-0.39, 0.29) is 0 Å². The molecule has 3 nitrogen and oxygen atoms in total. The largest absolute Gasteiger partial charge is 0.309 e. The van der Waals surface area contributed by atoms with E-state index in [2.05, 4.69) is 263 Å². The number of hydrogen-bond acceptors (Lipinski definition) is 0. The number of aryl methyl sites for hydroxylation is 1. The Labute approximate surface area is 378 Å². The molecule has 0 aliphatic carbocycles. The maximum Gasteiger partial charge on any atom is 0.179 e. The summed E-state index contributed by atoms with van der Waals surface area (Å²) >= 11 is 0. The van der Waals surface area contributed by atoms with Crippen molar-refractivity contribution >= 4 is 94.2 Å². The number of rotatable bonds is 7. The Bertz CT molecular complexity index is 3840. The van der Waals surface area contributed by atoms with Gasteiger partial charge in [0.25, 0.3) is 0 Å².